The number of imide groups is 1. The van der Waals surface area contributed by atoms with E-state index in [4.69, 9.17) is 15.7 Å². The van der Waals surface area contributed by atoms with E-state index < -0.39 is 17.4 Å². The molecule has 0 atom stereocenters. The third-order valence-electron chi connectivity index (χ3n) is 4.25. The minimum Gasteiger partial charge on any atom is -0.455 e. The van der Waals surface area contributed by atoms with Gasteiger partial charge in [0.2, 0.25) is 0 Å². The first-order chi connectivity index (χ1) is 13.5. The van der Waals surface area contributed by atoms with Crippen molar-refractivity contribution in [2.24, 2.45) is 0 Å². The molecule has 0 aliphatic carbocycles. The highest BCUT2D eigenvalue weighted by atomic mass is 16.5. The minimum absolute atomic E-state index is 0.0501. The predicted molar refractivity (Wildman–Crippen MR) is 99.5 cm³/mol. The number of nitrogen functional groups attached to an aromatic ring is 1. The first-order valence-electron chi connectivity index (χ1n) is 8.18. The molecule has 0 bridgehead atoms. The van der Waals surface area contributed by atoms with Crippen LogP contribution in [0.1, 0.15) is 26.3 Å². The number of amides is 2. The number of para-hydroxylation sites is 2. The molecular formula is C20H12N4O4. The van der Waals surface area contributed by atoms with Crippen molar-refractivity contribution < 1.29 is 14.3 Å². The van der Waals surface area contributed by atoms with Crippen molar-refractivity contribution in [1.82, 2.24) is 9.88 Å². The van der Waals surface area contributed by atoms with Crippen LogP contribution in [0.3, 0.4) is 0 Å². The highest BCUT2D eigenvalue weighted by Crippen LogP contribution is 2.31. The summed E-state index contributed by atoms with van der Waals surface area (Å²) in [5, 5.41) is 11.2. The topological polar surface area (TPSA) is 127 Å². The first kappa shape index (κ1) is 17.1. The van der Waals surface area contributed by atoms with Gasteiger partial charge >= 0.3 is 0 Å². The molecule has 1 aromatic heterocycles. The molecule has 0 unspecified atom stereocenters. The fraction of sp³-hybridized carbons (Fsp3) is 0. The van der Waals surface area contributed by atoms with E-state index in [0.29, 0.717) is 17.0 Å². The number of nitrogens with zero attached hydrogens (tertiary/aromatic N) is 2. The summed E-state index contributed by atoms with van der Waals surface area (Å²) in [6.07, 6.45) is 0. The van der Waals surface area contributed by atoms with Crippen LogP contribution in [0.25, 0.3) is 5.69 Å². The lowest BCUT2D eigenvalue weighted by Crippen LogP contribution is -2.24. The molecule has 0 fully saturated rings. The summed E-state index contributed by atoms with van der Waals surface area (Å²) in [5.74, 6) is -0.795. The molecule has 3 aromatic rings. The molecule has 2 heterocycles. The number of hydrogen-bond donors (Lipinski definition) is 2. The molecule has 8 heteroatoms. The SMILES string of the molecule is N#Cc1cccc(Oc2ccccc2-n2c(N)c3c(cc2=O)C(=O)NC3=O)c1. The van der Waals surface area contributed by atoms with E-state index in [2.05, 4.69) is 5.32 Å². The van der Waals surface area contributed by atoms with Crippen LogP contribution in [0.4, 0.5) is 5.82 Å². The molecule has 2 aromatic carbocycles. The van der Waals surface area contributed by atoms with Gasteiger partial charge in [0.25, 0.3) is 17.4 Å². The second-order valence-corrected chi connectivity index (χ2v) is 5.98. The van der Waals surface area contributed by atoms with Gasteiger partial charge in [-0.3, -0.25) is 24.3 Å². The number of nitriles is 1. The van der Waals surface area contributed by atoms with Crippen molar-refractivity contribution in [3.8, 4) is 23.3 Å². The van der Waals surface area contributed by atoms with Crippen LogP contribution >= 0.6 is 0 Å². The Labute approximate surface area is 158 Å². The molecule has 4 rings (SSSR count). The van der Waals surface area contributed by atoms with Crippen LogP contribution in [0.15, 0.2) is 59.4 Å². The second kappa shape index (κ2) is 6.41. The van der Waals surface area contributed by atoms with Crippen LogP contribution in [0.5, 0.6) is 11.5 Å². The van der Waals surface area contributed by atoms with Gasteiger partial charge in [-0.1, -0.05) is 18.2 Å². The Kier molecular flexibility index (Phi) is 3.90. The van der Waals surface area contributed by atoms with Gasteiger partial charge in [-0.15, -0.1) is 0 Å². The molecule has 2 amide bonds. The number of nitrogens with two attached hydrogens (primary N) is 1. The Morgan fingerprint density at radius 3 is 2.57 bits per heavy atom. The van der Waals surface area contributed by atoms with Gasteiger partial charge in [0.15, 0.2) is 5.75 Å². The molecule has 3 N–H and O–H groups in total. The van der Waals surface area contributed by atoms with Gasteiger partial charge in [0.05, 0.1) is 28.4 Å². The number of carbonyl (C=O) groups excluding carboxylic acids is 2. The lowest BCUT2D eigenvalue weighted by molar-refractivity contribution is 0.0880. The molecule has 0 saturated heterocycles. The largest absolute Gasteiger partial charge is 0.455 e. The van der Waals surface area contributed by atoms with E-state index in [1.165, 1.54) is 0 Å². The number of ether oxygens (including phenoxy) is 1. The maximum absolute atomic E-state index is 12.7. The quantitative estimate of drug-likeness (QED) is 0.677. The Morgan fingerprint density at radius 1 is 1.00 bits per heavy atom. The smallest absolute Gasteiger partial charge is 0.262 e. The summed E-state index contributed by atoms with van der Waals surface area (Å²) >= 11 is 0. The van der Waals surface area contributed by atoms with Crippen molar-refractivity contribution in [2.45, 2.75) is 0 Å². The summed E-state index contributed by atoms with van der Waals surface area (Å²) < 4.78 is 6.96. The normalized spacial score (nSPS) is 12.2. The van der Waals surface area contributed by atoms with Gasteiger partial charge in [0, 0.05) is 6.07 Å². The number of carbonyl (C=O) groups is 2. The fourth-order valence-electron chi connectivity index (χ4n) is 3.01. The average Bonchev–Trinajstić information content (AvgIpc) is 2.97. The average molecular weight is 372 g/mol. The van der Waals surface area contributed by atoms with E-state index in [1.807, 2.05) is 6.07 Å². The van der Waals surface area contributed by atoms with Gasteiger partial charge in [-0.2, -0.15) is 5.26 Å². The van der Waals surface area contributed by atoms with Crippen LogP contribution in [-0.2, 0) is 0 Å². The number of hydrogen-bond acceptors (Lipinski definition) is 6. The zero-order valence-corrected chi connectivity index (χ0v) is 14.3. The van der Waals surface area contributed by atoms with Crippen molar-refractivity contribution in [3.63, 3.8) is 0 Å². The maximum Gasteiger partial charge on any atom is 0.262 e. The summed E-state index contributed by atoms with van der Waals surface area (Å²) in [6.45, 7) is 0. The number of benzene rings is 2. The predicted octanol–water partition coefficient (Wildman–Crippen LogP) is 1.97. The van der Waals surface area contributed by atoms with E-state index in [0.717, 1.165) is 10.6 Å². The molecule has 0 saturated carbocycles. The maximum atomic E-state index is 12.7. The summed E-state index contributed by atoms with van der Waals surface area (Å²) in [6, 6.07) is 16.2. The molecular weight excluding hydrogens is 360 g/mol. The molecule has 28 heavy (non-hydrogen) atoms. The molecule has 8 nitrogen and oxygen atoms in total. The number of nitrogens with one attached hydrogen (secondary N) is 1. The summed E-state index contributed by atoms with van der Waals surface area (Å²) in [7, 11) is 0. The summed E-state index contributed by atoms with van der Waals surface area (Å²) in [4.78, 5) is 36.5. The second-order valence-electron chi connectivity index (χ2n) is 5.98. The van der Waals surface area contributed by atoms with Crippen LogP contribution in [0, 0.1) is 11.3 Å². The number of aromatic nitrogens is 1. The van der Waals surface area contributed by atoms with E-state index >= 15 is 0 Å². The molecule has 0 radical (unpaired) electrons. The minimum atomic E-state index is -0.661. The van der Waals surface area contributed by atoms with Crippen molar-refractivity contribution in [1.29, 1.82) is 5.26 Å². The Hall–Kier alpha value is -4.38. The van der Waals surface area contributed by atoms with Gasteiger partial charge in [0.1, 0.15) is 11.6 Å². The van der Waals surface area contributed by atoms with Gasteiger partial charge in [-0.05, 0) is 30.3 Å². The van der Waals surface area contributed by atoms with Crippen molar-refractivity contribution in [3.05, 3.63) is 81.6 Å². The van der Waals surface area contributed by atoms with Crippen molar-refractivity contribution in [2.75, 3.05) is 5.73 Å². The Bertz CT molecular complexity index is 1250. The van der Waals surface area contributed by atoms with Crippen molar-refractivity contribution >= 4 is 17.6 Å². The monoisotopic (exact) mass is 372 g/mol. The molecule has 0 spiro atoms. The number of rotatable bonds is 3. The van der Waals surface area contributed by atoms with Crippen LogP contribution < -0.4 is 21.3 Å². The Morgan fingerprint density at radius 2 is 1.79 bits per heavy atom. The fourth-order valence-corrected chi connectivity index (χ4v) is 3.01. The number of anilines is 1. The highest BCUT2D eigenvalue weighted by Gasteiger charge is 2.32. The summed E-state index contributed by atoms with van der Waals surface area (Å²) in [5.41, 5.74) is 6.11. The zero-order chi connectivity index (χ0) is 19.8. The standard InChI is InChI=1S/C20H12N4O4/c21-10-11-4-3-5-12(8-11)28-15-7-2-1-6-14(15)24-16(25)9-13-17(18(24)22)20(27)23-19(13)26/h1-9H,22H2,(H,23,26,27). The van der Waals surface area contributed by atoms with E-state index in [9.17, 15) is 14.4 Å². The number of fused-ring (bicyclic) bond motifs is 1. The lowest BCUT2D eigenvalue weighted by Gasteiger charge is -2.16. The lowest BCUT2D eigenvalue weighted by atomic mass is 10.1. The number of pyridine rings is 1. The first-order valence-corrected chi connectivity index (χ1v) is 8.18. The van der Waals surface area contributed by atoms with Gasteiger partial charge < -0.3 is 10.5 Å². The molecule has 136 valence electrons. The molecule has 1 aliphatic heterocycles. The zero-order valence-electron chi connectivity index (χ0n) is 14.3. The van der Waals surface area contributed by atoms with Crippen LogP contribution in [-0.4, -0.2) is 16.4 Å². The van der Waals surface area contributed by atoms with Gasteiger partial charge in [-0.25, -0.2) is 0 Å². The van der Waals surface area contributed by atoms with E-state index in [-0.39, 0.29) is 22.7 Å². The Balaban J connectivity index is 1.87. The van der Waals surface area contributed by atoms with Crippen LogP contribution in [0.2, 0.25) is 0 Å². The highest BCUT2D eigenvalue weighted by molar-refractivity contribution is 6.23. The third kappa shape index (κ3) is 2.68. The molecule has 1 aliphatic rings. The van der Waals surface area contributed by atoms with E-state index in [1.54, 1.807) is 48.5 Å². The third-order valence-corrected chi connectivity index (χ3v) is 4.25.